The first-order chi connectivity index (χ1) is 18.2. The second-order valence-electron chi connectivity index (χ2n) is 11.6. The Bertz CT molecular complexity index is 1150. The Morgan fingerprint density at radius 3 is 2.37 bits per heavy atom. The Morgan fingerprint density at radius 2 is 1.66 bits per heavy atom. The van der Waals surface area contributed by atoms with E-state index in [0.717, 1.165) is 23.9 Å². The number of methoxy groups -OCH3 is 1. The van der Waals surface area contributed by atoms with Crippen molar-refractivity contribution in [3.05, 3.63) is 71.9 Å². The highest BCUT2D eigenvalue weighted by Crippen LogP contribution is 2.26. The van der Waals surface area contributed by atoms with Crippen molar-refractivity contribution in [3.63, 3.8) is 0 Å². The number of nitrogens with one attached hydrogen (secondary N) is 1. The van der Waals surface area contributed by atoms with Gasteiger partial charge >= 0.3 is 0 Å². The van der Waals surface area contributed by atoms with Crippen LogP contribution in [-0.2, 0) is 27.3 Å². The van der Waals surface area contributed by atoms with Gasteiger partial charge in [0.05, 0.1) is 6.54 Å². The fourth-order valence-electron chi connectivity index (χ4n) is 5.19. The number of H-pyrrole nitrogens is 1. The van der Waals surface area contributed by atoms with Gasteiger partial charge in [0.1, 0.15) is 0 Å². The molecule has 0 aliphatic carbocycles. The summed E-state index contributed by atoms with van der Waals surface area (Å²) < 4.78 is 5.23. The Kier molecular flexibility index (Phi) is 11.0. The molecular weight excluding hydrogens is 474 g/mol. The van der Waals surface area contributed by atoms with Crippen molar-refractivity contribution in [2.45, 2.75) is 59.9 Å². The van der Waals surface area contributed by atoms with Crippen molar-refractivity contribution in [1.82, 2.24) is 14.8 Å². The molecule has 0 saturated carbocycles. The first-order valence-corrected chi connectivity index (χ1v) is 13.8. The predicted molar refractivity (Wildman–Crippen MR) is 155 cm³/mol. The lowest BCUT2D eigenvalue weighted by atomic mass is 9.84. The number of para-hydroxylation sites is 1. The molecule has 6 heteroatoms. The average molecular weight is 520 g/mol. The molecule has 0 aliphatic heterocycles. The topological polar surface area (TPSA) is 65.6 Å². The zero-order valence-corrected chi connectivity index (χ0v) is 23.8. The Labute approximate surface area is 228 Å². The molecule has 1 atom stereocenters. The van der Waals surface area contributed by atoms with Crippen LogP contribution in [0.3, 0.4) is 0 Å². The van der Waals surface area contributed by atoms with Gasteiger partial charge in [-0.05, 0) is 47.8 Å². The van der Waals surface area contributed by atoms with E-state index in [1.54, 1.807) is 12.0 Å². The van der Waals surface area contributed by atoms with E-state index >= 15 is 0 Å². The molecule has 1 N–H and O–H groups in total. The van der Waals surface area contributed by atoms with E-state index in [1.807, 2.05) is 53.6 Å². The van der Waals surface area contributed by atoms with E-state index < -0.39 is 0 Å². The van der Waals surface area contributed by atoms with Crippen LogP contribution in [0.5, 0.6) is 0 Å². The van der Waals surface area contributed by atoms with Crippen LogP contribution in [0, 0.1) is 11.3 Å². The molecule has 2 aromatic carbocycles. The van der Waals surface area contributed by atoms with Gasteiger partial charge in [-0.15, -0.1) is 0 Å². The molecule has 38 heavy (non-hydrogen) atoms. The van der Waals surface area contributed by atoms with Crippen molar-refractivity contribution in [2.24, 2.45) is 11.3 Å². The minimum absolute atomic E-state index is 0.0251. The zero-order valence-electron chi connectivity index (χ0n) is 23.8. The number of rotatable bonds is 14. The number of aromatic nitrogens is 1. The minimum atomic E-state index is -0.0251. The summed E-state index contributed by atoms with van der Waals surface area (Å²) in [5.74, 6) is 0.273. The van der Waals surface area contributed by atoms with Crippen LogP contribution in [0.4, 0.5) is 0 Å². The molecular formula is C32H45N3O3. The normalized spacial score (nSPS) is 12.4. The van der Waals surface area contributed by atoms with E-state index in [4.69, 9.17) is 4.74 Å². The van der Waals surface area contributed by atoms with Gasteiger partial charge in [0, 0.05) is 56.9 Å². The standard InChI is InChI=1S/C32H45N3O3/c1-25(21-32(2,3)4)20-30(36)34(17-11-19-38-5)24-31(37)35(23-26-12-7-6-8-13-26)18-16-27-22-33-29-15-10-9-14-28(27)29/h6-10,12-15,22,25,33H,11,16-21,23-24H2,1-5H3. The number of hydrogen-bond donors (Lipinski definition) is 1. The molecule has 0 bridgehead atoms. The van der Waals surface area contributed by atoms with E-state index in [2.05, 4.69) is 44.8 Å². The maximum atomic E-state index is 13.7. The van der Waals surface area contributed by atoms with Gasteiger partial charge in [-0.2, -0.15) is 0 Å². The molecule has 0 fully saturated rings. The summed E-state index contributed by atoms with van der Waals surface area (Å²) in [6, 6.07) is 18.3. The van der Waals surface area contributed by atoms with Gasteiger partial charge in [-0.25, -0.2) is 0 Å². The molecule has 0 aliphatic rings. The summed E-state index contributed by atoms with van der Waals surface area (Å²) in [6.45, 7) is 11.0. The lowest BCUT2D eigenvalue weighted by Crippen LogP contribution is -2.44. The quantitative estimate of drug-likeness (QED) is 0.263. The van der Waals surface area contributed by atoms with Crippen molar-refractivity contribution in [1.29, 1.82) is 0 Å². The summed E-state index contributed by atoms with van der Waals surface area (Å²) in [5.41, 5.74) is 3.53. The first-order valence-electron chi connectivity index (χ1n) is 13.8. The van der Waals surface area contributed by atoms with Crippen molar-refractivity contribution < 1.29 is 14.3 Å². The minimum Gasteiger partial charge on any atom is -0.385 e. The van der Waals surface area contributed by atoms with Crippen LogP contribution in [0.15, 0.2) is 60.8 Å². The molecule has 2 amide bonds. The third-order valence-electron chi connectivity index (χ3n) is 6.83. The van der Waals surface area contributed by atoms with Crippen LogP contribution in [0.2, 0.25) is 0 Å². The van der Waals surface area contributed by atoms with Crippen LogP contribution < -0.4 is 0 Å². The fraction of sp³-hybridized carbons (Fsp3) is 0.500. The third-order valence-corrected chi connectivity index (χ3v) is 6.83. The number of aromatic amines is 1. The molecule has 1 unspecified atom stereocenters. The van der Waals surface area contributed by atoms with Crippen molar-refractivity contribution >= 4 is 22.7 Å². The molecule has 6 nitrogen and oxygen atoms in total. The van der Waals surface area contributed by atoms with Crippen LogP contribution in [0.25, 0.3) is 10.9 Å². The lowest BCUT2D eigenvalue weighted by Gasteiger charge is -2.29. The second-order valence-corrected chi connectivity index (χ2v) is 11.6. The number of hydrogen-bond acceptors (Lipinski definition) is 3. The van der Waals surface area contributed by atoms with E-state index in [9.17, 15) is 9.59 Å². The average Bonchev–Trinajstić information content (AvgIpc) is 3.28. The molecule has 0 saturated heterocycles. The second kappa shape index (κ2) is 14.1. The van der Waals surface area contributed by atoms with Gasteiger partial charge in [-0.3, -0.25) is 9.59 Å². The van der Waals surface area contributed by atoms with Gasteiger partial charge in [0.25, 0.3) is 0 Å². The highest BCUT2D eigenvalue weighted by Gasteiger charge is 2.24. The summed E-state index contributed by atoms with van der Waals surface area (Å²) in [7, 11) is 1.66. The number of benzene rings is 2. The maximum absolute atomic E-state index is 13.7. The Morgan fingerprint density at radius 1 is 0.947 bits per heavy atom. The first kappa shape index (κ1) is 29.4. The van der Waals surface area contributed by atoms with Crippen LogP contribution in [0.1, 0.15) is 58.1 Å². The predicted octanol–water partition coefficient (Wildman–Crippen LogP) is 6.07. The SMILES string of the molecule is COCCCN(CC(=O)N(CCc1c[nH]c2ccccc12)Cc1ccccc1)C(=O)CC(C)CC(C)(C)C. The summed E-state index contributed by atoms with van der Waals surface area (Å²) in [4.78, 5) is 34.0. The van der Waals surface area contributed by atoms with Gasteiger partial charge in [0.15, 0.2) is 0 Å². The highest BCUT2D eigenvalue weighted by molar-refractivity contribution is 5.85. The fourth-order valence-corrected chi connectivity index (χ4v) is 5.19. The zero-order chi connectivity index (χ0) is 27.5. The number of carbonyl (C=O) groups excluding carboxylic acids is 2. The van der Waals surface area contributed by atoms with Crippen molar-refractivity contribution in [3.8, 4) is 0 Å². The third kappa shape index (κ3) is 9.32. The number of nitrogens with zero attached hydrogens (tertiary/aromatic N) is 2. The molecule has 1 aromatic heterocycles. The molecule has 1 heterocycles. The van der Waals surface area contributed by atoms with Gasteiger partial charge < -0.3 is 19.5 Å². The highest BCUT2D eigenvalue weighted by atomic mass is 16.5. The molecule has 206 valence electrons. The molecule has 3 aromatic rings. The van der Waals surface area contributed by atoms with Crippen LogP contribution in [-0.4, -0.2) is 59.9 Å². The monoisotopic (exact) mass is 519 g/mol. The molecule has 0 spiro atoms. The molecule has 0 radical (unpaired) electrons. The number of carbonyl (C=O) groups is 2. The Hall–Kier alpha value is -3.12. The summed E-state index contributed by atoms with van der Waals surface area (Å²) in [6.07, 6.45) is 4.89. The van der Waals surface area contributed by atoms with Crippen molar-refractivity contribution in [2.75, 3.05) is 33.4 Å². The van der Waals surface area contributed by atoms with E-state index in [1.165, 1.54) is 10.9 Å². The number of amides is 2. The summed E-state index contributed by atoms with van der Waals surface area (Å²) in [5, 5.41) is 1.18. The van der Waals surface area contributed by atoms with Crippen LogP contribution >= 0.6 is 0 Å². The number of fused-ring (bicyclic) bond motifs is 1. The van der Waals surface area contributed by atoms with Gasteiger partial charge in [-0.1, -0.05) is 76.2 Å². The maximum Gasteiger partial charge on any atom is 0.242 e. The lowest BCUT2D eigenvalue weighted by molar-refractivity contribution is -0.141. The van der Waals surface area contributed by atoms with Gasteiger partial charge in [0.2, 0.25) is 11.8 Å². The largest absolute Gasteiger partial charge is 0.385 e. The molecule has 3 rings (SSSR count). The smallest absolute Gasteiger partial charge is 0.242 e. The summed E-state index contributed by atoms with van der Waals surface area (Å²) >= 11 is 0. The van der Waals surface area contributed by atoms with E-state index in [0.29, 0.717) is 39.1 Å². The Balaban J connectivity index is 1.74. The van der Waals surface area contributed by atoms with E-state index in [-0.39, 0.29) is 29.7 Å². The number of ether oxygens (including phenoxy) is 1.